The fourth-order valence-electron chi connectivity index (χ4n) is 3.13. The van der Waals surface area contributed by atoms with Crippen LogP contribution in [0.2, 0.25) is 0 Å². The third kappa shape index (κ3) is 3.81. The van der Waals surface area contributed by atoms with Crippen LogP contribution in [0.1, 0.15) is 11.1 Å². The summed E-state index contributed by atoms with van der Waals surface area (Å²) < 4.78 is 25.8. The van der Waals surface area contributed by atoms with Gasteiger partial charge in [0, 0.05) is 11.9 Å². The van der Waals surface area contributed by atoms with Crippen molar-refractivity contribution < 1.29 is 13.2 Å². The number of sulfonamides is 1. The van der Waals surface area contributed by atoms with Gasteiger partial charge in [-0.25, -0.2) is 13.4 Å². The minimum absolute atomic E-state index is 0.200. The molecule has 1 aromatic carbocycles. The lowest BCUT2D eigenvalue weighted by Gasteiger charge is -2.33. The van der Waals surface area contributed by atoms with Crippen molar-refractivity contribution in [3.8, 4) is 10.6 Å². The van der Waals surface area contributed by atoms with Crippen LogP contribution in [0.15, 0.2) is 47.2 Å². The molecule has 1 N–H and O–H groups in total. The molecule has 0 saturated heterocycles. The van der Waals surface area contributed by atoms with Crippen molar-refractivity contribution in [2.45, 2.75) is 19.0 Å². The molecule has 1 aliphatic rings. The zero-order valence-corrected chi connectivity index (χ0v) is 16.9. The molecule has 0 spiro atoms. The summed E-state index contributed by atoms with van der Waals surface area (Å²) >= 11 is 2.91. The molecule has 4 rings (SSSR count). The quantitative estimate of drug-likeness (QED) is 0.704. The van der Waals surface area contributed by atoms with Crippen LogP contribution in [0.4, 0.5) is 5.13 Å². The topological polar surface area (TPSA) is 79.4 Å². The van der Waals surface area contributed by atoms with Gasteiger partial charge in [-0.15, -0.1) is 22.7 Å². The average molecular weight is 420 g/mol. The smallest absolute Gasteiger partial charge is 0.244 e. The zero-order chi connectivity index (χ0) is 19.0. The van der Waals surface area contributed by atoms with Crippen LogP contribution in [0.25, 0.3) is 10.6 Å². The van der Waals surface area contributed by atoms with E-state index in [1.165, 1.54) is 15.6 Å². The summed E-state index contributed by atoms with van der Waals surface area (Å²) in [7, 11) is -3.53. The van der Waals surface area contributed by atoms with Crippen LogP contribution in [-0.4, -0.2) is 35.9 Å². The van der Waals surface area contributed by atoms with Gasteiger partial charge in [-0.1, -0.05) is 30.3 Å². The van der Waals surface area contributed by atoms with Crippen molar-refractivity contribution in [2.75, 3.05) is 11.6 Å². The van der Waals surface area contributed by atoms with Gasteiger partial charge in [0.2, 0.25) is 15.9 Å². The minimum Gasteiger partial charge on any atom is -0.301 e. The Kier molecular flexibility index (Phi) is 4.85. The highest BCUT2D eigenvalue weighted by molar-refractivity contribution is 7.88. The summed E-state index contributed by atoms with van der Waals surface area (Å²) in [5.74, 6) is -0.359. The Morgan fingerprint density at radius 1 is 1.19 bits per heavy atom. The zero-order valence-electron chi connectivity index (χ0n) is 14.5. The van der Waals surface area contributed by atoms with E-state index in [1.54, 1.807) is 11.3 Å². The molecule has 3 heterocycles. The number of anilines is 1. The van der Waals surface area contributed by atoms with E-state index in [0.29, 0.717) is 11.6 Å². The van der Waals surface area contributed by atoms with Crippen molar-refractivity contribution in [2.24, 2.45) is 0 Å². The van der Waals surface area contributed by atoms with Crippen LogP contribution >= 0.6 is 22.7 Å². The van der Waals surface area contributed by atoms with E-state index >= 15 is 0 Å². The molecule has 1 aliphatic heterocycles. The Bertz CT molecular complexity index is 1070. The van der Waals surface area contributed by atoms with Gasteiger partial charge in [-0.05, 0) is 29.0 Å². The van der Waals surface area contributed by atoms with E-state index in [1.807, 2.05) is 47.2 Å². The normalized spacial score (nSPS) is 17.4. The fraction of sp³-hybridized carbons (Fsp3) is 0.222. The van der Waals surface area contributed by atoms with E-state index in [2.05, 4.69) is 10.3 Å². The molecule has 140 valence electrons. The van der Waals surface area contributed by atoms with Gasteiger partial charge in [0.25, 0.3) is 0 Å². The van der Waals surface area contributed by atoms with Crippen LogP contribution in [-0.2, 0) is 27.8 Å². The molecule has 0 radical (unpaired) electrons. The number of aromatic nitrogens is 1. The lowest BCUT2D eigenvalue weighted by Crippen LogP contribution is -2.50. The minimum atomic E-state index is -3.53. The number of nitrogens with zero attached hydrogens (tertiary/aromatic N) is 2. The first-order chi connectivity index (χ1) is 12.9. The number of benzene rings is 1. The predicted octanol–water partition coefficient (Wildman–Crippen LogP) is 3.20. The lowest BCUT2D eigenvalue weighted by atomic mass is 9.95. The van der Waals surface area contributed by atoms with E-state index < -0.39 is 16.1 Å². The molecule has 0 aliphatic carbocycles. The third-order valence-corrected chi connectivity index (χ3v) is 7.33. The molecule has 1 amide bonds. The largest absolute Gasteiger partial charge is 0.301 e. The van der Waals surface area contributed by atoms with Crippen molar-refractivity contribution in [3.05, 3.63) is 58.3 Å². The highest BCUT2D eigenvalue weighted by Crippen LogP contribution is 2.30. The number of thiazole rings is 1. The van der Waals surface area contributed by atoms with Crippen LogP contribution < -0.4 is 5.32 Å². The number of amides is 1. The highest BCUT2D eigenvalue weighted by Gasteiger charge is 2.37. The number of carbonyl (C=O) groups excluding carboxylic acids is 1. The van der Waals surface area contributed by atoms with Crippen LogP contribution in [0, 0.1) is 0 Å². The molecular formula is C18H17N3O3S3. The summed E-state index contributed by atoms with van der Waals surface area (Å²) in [5.41, 5.74) is 2.73. The highest BCUT2D eigenvalue weighted by atomic mass is 32.2. The Hall–Kier alpha value is -2.07. The number of fused-ring (bicyclic) bond motifs is 1. The molecule has 2 aromatic heterocycles. The van der Waals surface area contributed by atoms with Gasteiger partial charge in [0.05, 0.1) is 16.8 Å². The first kappa shape index (κ1) is 18.3. The second-order valence-corrected chi connectivity index (χ2v) is 10.0. The standard InChI is InChI=1S/C18H17N3O3S3/c1-27(23,24)21-10-13-6-3-2-5-12(13)9-15(21)17(22)20-18-19-14(11-26-18)16-7-4-8-25-16/h2-8,11,15H,9-10H2,1H3,(H,19,20,22). The maximum atomic E-state index is 12.9. The molecular weight excluding hydrogens is 402 g/mol. The SMILES string of the molecule is CS(=O)(=O)N1Cc2ccccc2CC1C(=O)Nc1nc(-c2cccs2)cs1. The molecule has 27 heavy (non-hydrogen) atoms. The van der Waals surface area contributed by atoms with Gasteiger partial charge < -0.3 is 5.32 Å². The van der Waals surface area contributed by atoms with E-state index in [4.69, 9.17) is 0 Å². The predicted molar refractivity (Wildman–Crippen MR) is 108 cm³/mol. The lowest BCUT2D eigenvalue weighted by molar-refractivity contribution is -0.120. The van der Waals surface area contributed by atoms with Gasteiger partial charge in [-0.2, -0.15) is 4.31 Å². The molecule has 0 bridgehead atoms. The van der Waals surface area contributed by atoms with Gasteiger partial charge in [0.15, 0.2) is 5.13 Å². The number of thiophene rings is 1. The van der Waals surface area contributed by atoms with Crippen LogP contribution in [0.5, 0.6) is 0 Å². The third-order valence-electron chi connectivity index (χ3n) is 4.44. The first-order valence-electron chi connectivity index (χ1n) is 8.25. The first-order valence-corrected chi connectivity index (χ1v) is 11.9. The number of hydrogen-bond acceptors (Lipinski definition) is 6. The molecule has 3 aromatic rings. The Balaban J connectivity index is 1.58. The molecule has 0 saturated carbocycles. The summed E-state index contributed by atoms with van der Waals surface area (Å²) in [6, 6.07) is 10.7. The Labute approximate surface area is 165 Å². The molecule has 0 fully saturated rings. The summed E-state index contributed by atoms with van der Waals surface area (Å²) in [4.78, 5) is 18.4. The number of rotatable bonds is 4. The van der Waals surface area contributed by atoms with Crippen molar-refractivity contribution >= 4 is 43.7 Å². The molecule has 1 atom stereocenters. The maximum Gasteiger partial charge on any atom is 0.244 e. The van der Waals surface area contributed by atoms with Gasteiger partial charge >= 0.3 is 0 Å². The second-order valence-electron chi connectivity index (χ2n) is 6.30. The van der Waals surface area contributed by atoms with Crippen molar-refractivity contribution in [1.82, 2.24) is 9.29 Å². The maximum absolute atomic E-state index is 12.9. The summed E-state index contributed by atoms with van der Waals surface area (Å²) in [5, 5.41) is 7.11. The number of nitrogens with one attached hydrogen (secondary N) is 1. The van der Waals surface area contributed by atoms with Crippen molar-refractivity contribution in [1.29, 1.82) is 0 Å². The molecule has 9 heteroatoms. The monoisotopic (exact) mass is 419 g/mol. The fourth-order valence-corrected chi connectivity index (χ4v) is 5.61. The van der Waals surface area contributed by atoms with Gasteiger partial charge in [0.1, 0.15) is 6.04 Å². The number of hydrogen-bond donors (Lipinski definition) is 1. The van der Waals surface area contributed by atoms with Gasteiger partial charge in [-0.3, -0.25) is 4.79 Å². The van der Waals surface area contributed by atoms with E-state index in [9.17, 15) is 13.2 Å². The molecule has 6 nitrogen and oxygen atoms in total. The van der Waals surface area contributed by atoms with E-state index in [-0.39, 0.29) is 12.5 Å². The summed E-state index contributed by atoms with van der Waals surface area (Å²) in [6.07, 6.45) is 1.48. The second kappa shape index (κ2) is 7.16. The van der Waals surface area contributed by atoms with Crippen molar-refractivity contribution in [3.63, 3.8) is 0 Å². The average Bonchev–Trinajstić information content (AvgIpc) is 3.31. The molecule has 1 unspecified atom stereocenters. The Morgan fingerprint density at radius 2 is 1.96 bits per heavy atom. The van der Waals surface area contributed by atoms with Crippen LogP contribution in [0.3, 0.4) is 0 Å². The summed E-state index contributed by atoms with van der Waals surface area (Å²) in [6.45, 7) is 0.200. The van der Waals surface area contributed by atoms with E-state index in [0.717, 1.165) is 28.0 Å². The Morgan fingerprint density at radius 3 is 2.67 bits per heavy atom. The number of carbonyl (C=O) groups is 1.